The standard InChI is InChI=1S/C12H15F2N5/c1-19-12(16-7-17-19)6-8(18-15)5-9-10(13)3-2-4-11(9)14/h2-4,7-8,18H,5-6,15H2,1H3. The summed E-state index contributed by atoms with van der Waals surface area (Å²) in [5.41, 5.74) is 2.58. The SMILES string of the molecule is Cn1ncnc1CC(Cc1c(F)cccc1F)NN. The summed E-state index contributed by atoms with van der Waals surface area (Å²) in [6.07, 6.45) is 2.00. The number of hydrogen-bond donors (Lipinski definition) is 2. The first-order chi connectivity index (χ1) is 9.11. The molecule has 0 aliphatic heterocycles. The number of nitrogens with one attached hydrogen (secondary N) is 1. The third kappa shape index (κ3) is 3.12. The Morgan fingerprint density at radius 3 is 2.53 bits per heavy atom. The van der Waals surface area contributed by atoms with Crippen LogP contribution in [0.1, 0.15) is 11.4 Å². The molecule has 0 aliphatic rings. The Morgan fingerprint density at radius 2 is 2.00 bits per heavy atom. The van der Waals surface area contributed by atoms with Crippen LogP contribution in [0.3, 0.4) is 0 Å². The van der Waals surface area contributed by atoms with Crippen LogP contribution < -0.4 is 11.3 Å². The van der Waals surface area contributed by atoms with E-state index in [0.29, 0.717) is 12.2 Å². The molecule has 1 aromatic heterocycles. The normalized spacial score (nSPS) is 12.6. The summed E-state index contributed by atoms with van der Waals surface area (Å²) in [4.78, 5) is 4.06. The molecule has 0 radical (unpaired) electrons. The Balaban J connectivity index is 2.13. The Labute approximate surface area is 109 Å². The summed E-state index contributed by atoms with van der Waals surface area (Å²) in [7, 11) is 1.75. The number of halogens is 2. The van der Waals surface area contributed by atoms with Gasteiger partial charge in [-0.1, -0.05) is 6.07 Å². The Kier molecular flexibility index (Phi) is 4.18. The molecule has 1 atom stereocenters. The van der Waals surface area contributed by atoms with E-state index in [1.54, 1.807) is 11.7 Å². The fourth-order valence-electron chi connectivity index (χ4n) is 1.89. The van der Waals surface area contributed by atoms with Crippen LogP contribution in [-0.4, -0.2) is 20.8 Å². The van der Waals surface area contributed by atoms with E-state index in [4.69, 9.17) is 5.84 Å². The van der Waals surface area contributed by atoms with Crippen LogP contribution in [0.15, 0.2) is 24.5 Å². The number of aryl methyl sites for hydroxylation is 1. The Bertz CT molecular complexity index is 535. The van der Waals surface area contributed by atoms with Crippen molar-refractivity contribution in [1.29, 1.82) is 0 Å². The van der Waals surface area contributed by atoms with Gasteiger partial charge < -0.3 is 0 Å². The van der Waals surface area contributed by atoms with Gasteiger partial charge in [0.15, 0.2) is 0 Å². The van der Waals surface area contributed by atoms with Crippen LogP contribution in [0.4, 0.5) is 8.78 Å². The molecule has 0 amide bonds. The Morgan fingerprint density at radius 1 is 1.32 bits per heavy atom. The van der Waals surface area contributed by atoms with E-state index < -0.39 is 11.6 Å². The molecule has 102 valence electrons. The van der Waals surface area contributed by atoms with Crippen LogP contribution in [0.5, 0.6) is 0 Å². The molecule has 0 saturated carbocycles. The molecule has 1 aromatic carbocycles. The van der Waals surface area contributed by atoms with Crippen molar-refractivity contribution >= 4 is 0 Å². The van der Waals surface area contributed by atoms with E-state index in [0.717, 1.165) is 0 Å². The summed E-state index contributed by atoms with van der Waals surface area (Å²) >= 11 is 0. The van der Waals surface area contributed by atoms with Crippen molar-refractivity contribution < 1.29 is 8.78 Å². The topological polar surface area (TPSA) is 68.8 Å². The largest absolute Gasteiger partial charge is 0.271 e. The van der Waals surface area contributed by atoms with Gasteiger partial charge in [-0.2, -0.15) is 5.10 Å². The van der Waals surface area contributed by atoms with Gasteiger partial charge >= 0.3 is 0 Å². The zero-order valence-electron chi connectivity index (χ0n) is 10.5. The van der Waals surface area contributed by atoms with Crippen molar-refractivity contribution in [3.63, 3.8) is 0 Å². The van der Waals surface area contributed by atoms with Crippen LogP contribution in [0, 0.1) is 11.6 Å². The highest BCUT2D eigenvalue weighted by Gasteiger charge is 2.17. The monoisotopic (exact) mass is 267 g/mol. The van der Waals surface area contributed by atoms with Crippen LogP contribution in [-0.2, 0) is 19.9 Å². The summed E-state index contributed by atoms with van der Waals surface area (Å²) in [5.74, 6) is 4.99. The fourth-order valence-corrected chi connectivity index (χ4v) is 1.89. The minimum atomic E-state index is -0.571. The predicted molar refractivity (Wildman–Crippen MR) is 65.9 cm³/mol. The molecule has 1 heterocycles. The van der Waals surface area contributed by atoms with Crippen LogP contribution in [0.2, 0.25) is 0 Å². The summed E-state index contributed by atoms with van der Waals surface area (Å²) in [5, 5.41) is 3.93. The second-order valence-corrected chi connectivity index (χ2v) is 4.27. The van der Waals surface area contributed by atoms with E-state index in [2.05, 4.69) is 15.5 Å². The third-order valence-electron chi connectivity index (χ3n) is 2.98. The fraction of sp³-hybridized carbons (Fsp3) is 0.333. The number of nitrogens with two attached hydrogens (primary N) is 1. The zero-order valence-corrected chi connectivity index (χ0v) is 10.5. The Hall–Kier alpha value is -1.86. The lowest BCUT2D eigenvalue weighted by Crippen LogP contribution is -2.39. The minimum absolute atomic E-state index is 0.0209. The number of hydrazine groups is 1. The van der Waals surface area contributed by atoms with Gasteiger partial charge in [-0.15, -0.1) is 0 Å². The van der Waals surface area contributed by atoms with E-state index in [1.165, 1.54) is 24.5 Å². The molecular formula is C12H15F2N5. The molecule has 0 aliphatic carbocycles. The average Bonchev–Trinajstić information content (AvgIpc) is 2.78. The van der Waals surface area contributed by atoms with Gasteiger partial charge in [-0.05, 0) is 18.6 Å². The molecule has 2 aromatic rings. The van der Waals surface area contributed by atoms with Crippen molar-refractivity contribution in [2.45, 2.75) is 18.9 Å². The quantitative estimate of drug-likeness (QED) is 0.618. The third-order valence-corrected chi connectivity index (χ3v) is 2.98. The lowest BCUT2D eigenvalue weighted by Gasteiger charge is -2.16. The maximum atomic E-state index is 13.6. The maximum absolute atomic E-state index is 13.6. The second kappa shape index (κ2) is 5.85. The number of aromatic nitrogens is 3. The van der Waals surface area contributed by atoms with E-state index in [9.17, 15) is 8.78 Å². The van der Waals surface area contributed by atoms with Gasteiger partial charge in [0, 0.05) is 25.1 Å². The molecule has 1 unspecified atom stereocenters. The summed E-state index contributed by atoms with van der Waals surface area (Å²) in [6.45, 7) is 0. The molecule has 7 heteroatoms. The molecular weight excluding hydrogens is 252 g/mol. The molecule has 5 nitrogen and oxygen atoms in total. The van der Waals surface area contributed by atoms with E-state index >= 15 is 0 Å². The van der Waals surface area contributed by atoms with Crippen LogP contribution in [0.25, 0.3) is 0 Å². The lowest BCUT2D eigenvalue weighted by molar-refractivity contribution is 0.471. The van der Waals surface area contributed by atoms with Crippen molar-refractivity contribution in [1.82, 2.24) is 20.2 Å². The predicted octanol–water partition coefficient (Wildman–Crippen LogP) is 0.710. The van der Waals surface area contributed by atoms with Crippen molar-refractivity contribution in [2.75, 3.05) is 0 Å². The van der Waals surface area contributed by atoms with Gasteiger partial charge in [0.05, 0.1) is 0 Å². The van der Waals surface area contributed by atoms with Crippen molar-refractivity contribution in [3.8, 4) is 0 Å². The van der Waals surface area contributed by atoms with Gasteiger partial charge in [0.1, 0.15) is 23.8 Å². The first-order valence-electron chi connectivity index (χ1n) is 5.83. The maximum Gasteiger partial charge on any atom is 0.138 e. The number of hydrogen-bond acceptors (Lipinski definition) is 4. The first-order valence-corrected chi connectivity index (χ1v) is 5.83. The van der Waals surface area contributed by atoms with Crippen molar-refractivity contribution in [3.05, 3.63) is 47.5 Å². The number of nitrogens with zero attached hydrogens (tertiary/aromatic N) is 3. The minimum Gasteiger partial charge on any atom is -0.271 e. The second-order valence-electron chi connectivity index (χ2n) is 4.27. The van der Waals surface area contributed by atoms with Gasteiger partial charge in [-0.3, -0.25) is 16.0 Å². The lowest BCUT2D eigenvalue weighted by atomic mass is 10.0. The molecule has 0 bridgehead atoms. The summed E-state index contributed by atoms with van der Waals surface area (Å²) in [6, 6.07) is 3.47. The van der Waals surface area contributed by atoms with Crippen molar-refractivity contribution in [2.24, 2.45) is 12.9 Å². The zero-order chi connectivity index (χ0) is 13.8. The van der Waals surface area contributed by atoms with Crippen LogP contribution >= 0.6 is 0 Å². The molecule has 2 rings (SSSR count). The number of benzene rings is 1. The molecule has 0 spiro atoms. The highest BCUT2D eigenvalue weighted by atomic mass is 19.1. The molecule has 0 saturated heterocycles. The van der Waals surface area contributed by atoms with Gasteiger partial charge in [0.2, 0.25) is 0 Å². The van der Waals surface area contributed by atoms with Gasteiger partial charge in [-0.25, -0.2) is 13.8 Å². The molecule has 0 fully saturated rings. The highest BCUT2D eigenvalue weighted by molar-refractivity contribution is 5.21. The van der Waals surface area contributed by atoms with E-state index in [-0.39, 0.29) is 18.0 Å². The number of rotatable bonds is 5. The first kappa shape index (κ1) is 13.6. The molecule has 19 heavy (non-hydrogen) atoms. The summed E-state index contributed by atoms with van der Waals surface area (Å²) < 4.78 is 28.7. The molecule has 3 N–H and O–H groups in total. The smallest absolute Gasteiger partial charge is 0.138 e. The highest BCUT2D eigenvalue weighted by Crippen LogP contribution is 2.15. The average molecular weight is 267 g/mol. The van der Waals surface area contributed by atoms with E-state index in [1.807, 2.05) is 0 Å². The van der Waals surface area contributed by atoms with Gasteiger partial charge in [0.25, 0.3) is 0 Å².